The van der Waals surface area contributed by atoms with Gasteiger partial charge in [0.05, 0.1) is 5.69 Å². The maximum Gasteiger partial charge on any atom is 0.0972 e. The molecule has 0 aromatic carbocycles. The first-order valence-corrected chi connectivity index (χ1v) is 6.15. The lowest BCUT2D eigenvalue weighted by Crippen LogP contribution is -2.31. The van der Waals surface area contributed by atoms with E-state index in [1.165, 1.54) is 24.1 Å². The molecule has 4 rings (SSSR count). The fraction of sp³-hybridized carbons (Fsp3) is 0.385. The molecule has 2 aliphatic heterocycles. The van der Waals surface area contributed by atoms with Gasteiger partial charge < -0.3 is 5.32 Å². The number of aromatic amines is 1. The number of hydrogen-bond acceptors (Lipinski definition) is 3. The number of nitrogens with one attached hydrogen (secondary N) is 2. The van der Waals surface area contributed by atoms with Crippen LogP contribution in [0.15, 0.2) is 24.5 Å². The Labute approximate surface area is 99.5 Å². The van der Waals surface area contributed by atoms with E-state index < -0.39 is 0 Å². The van der Waals surface area contributed by atoms with E-state index in [1.807, 2.05) is 24.5 Å². The van der Waals surface area contributed by atoms with Crippen molar-refractivity contribution in [1.82, 2.24) is 20.5 Å². The Bertz CT molecular complexity index is 546. The molecule has 2 atom stereocenters. The van der Waals surface area contributed by atoms with Crippen LogP contribution in [0.2, 0.25) is 0 Å². The zero-order valence-electron chi connectivity index (χ0n) is 9.48. The number of aromatic nitrogens is 3. The van der Waals surface area contributed by atoms with Gasteiger partial charge in [0.15, 0.2) is 0 Å². The summed E-state index contributed by atoms with van der Waals surface area (Å²) in [6.07, 6.45) is 7.25. The van der Waals surface area contributed by atoms with Gasteiger partial charge in [0.25, 0.3) is 0 Å². The average molecular weight is 226 g/mol. The molecule has 4 nitrogen and oxygen atoms in total. The molecule has 2 aromatic heterocycles. The van der Waals surface area contributed by atoms with Gasteiger partial charge in [-0.2, -0.15) is 5.10 Å². The van der Waals surface area contributed by atoms with E-state index in [2.05, 4.69) is 20.5 Å². The van der Waals surface area contributed by atoms with Crippen molar-refractivity contribution in [2.24, 2.45) is 0 Å². The molecule has 0 radical (unpaired) electrons. The predicted molar refractivity (Wildman–Crippen MR) is 64.4 cm³/mol. The van der Waals surface area contributed by atoms with Gasteiger partial charge in [-0.25, -0.2) is 0 Å². The van der Waals surface area contributed by atoms with E-state index in [9.17, 15) is 0 Å². The van der Waals surface area contributed by atoms with Crippen LogP contribution in [0.1, 0.15) is 30.1 Å². The third kappa shape index (κ3) is 1.34. The average Bonchev–Trinajstić information content (AvgIpc) is 2.96. The summed E-state index contributed by atoms with van der Waals surface area (Å²) in [5.41, 5.74) is 4.96. The van der Waals surface area contributed by atoms with Crippen LogP contribution in [-0.4, -0.2) is 21.2 Å². The molecule has 0 saturated carbocycles. The van der Waals surface area contributed by atoms with Crippen molar-refractivity contribution in [2.45, 2.75) is 31.3 Å². The van der Waals surface area contributed by atoms with Gasteiger partial charge in [0.2, 0.25) is 0 Å². The number of pyridine rings is 1. The monoisotopic (exact) mass is 226 g/mol. The van der Waals surface area contributed by atoms with Crippen LogP contribution < -0.4 is 5.32 Å². The largest absolute Gasteiger partial charge is 0.307 e. The Morgan fingerprint density at radius 1 is 1.18 bits per heavy atom. The fourth-order valence-electron chi connectivity index (χ4n) is 3.10. The van der Waals surface area contributed by atoms with Crippen molar-refractivity contribution in [2.75, 3.05) is 0 Å². The predicted octanol–water partition coefficient (Wildman–Crippen LogP) is 1.82. The van der Waals surface area contributed by atoms with Gasteiger partial charge in [-0.05, 0) is 25.0 Å². The Hall–Kier alpha value is -1.68. The molecule has 2 aliphatic rings. The highest BCUT2D eigenvalue weighted by molar-refractivity contribution is 5.65. The quantitative estimate of drug-likeness (QED) is 0.780. The van der Waals surface area contributed by atoms with E-state index >= 15 is 0 Å². The maximum absolute atomic E-state index is 4.49. The molecule has 2 bridgehead atoms. The second-order valence-corrected chi connectivity index (χ2v) is 4.90. The molecule has 0 spiro atoms. The Morgan fingerprint density at radius 3 is 2.94 bits per heavy atom. The second kappa shape index (κ2) is 3.40. The number of hydrogen-bond donors (Lipinski definition) is 2. The first-order valence-electron chi connectivity index (χ1n) is 6.15. The van der Waals surface area contributed by atoms with Gasteiger partial charge in [-0.3, -0.25) is 10.1 Å². The zero-order valence-corrected chi connectivity index (χ0v) is 9.48. The van der Waals surface area contributed by atoms with E-state index in [1.54, 1.807) is 0 Å². The molecule has 0 unspecified atom stereocenters. The summed E-state index contributed by atoms with van der Waals surface area (Å²) >= 11 is 0. The number of H-pyrrole nitrogens is 1. The maximum atomic E-state index is 4.49. The molecule has 17 heavy (non-hydrogen) atoms. The highest BCUT2D eigenvalue weighted by atomic mass is 15.2. The van der Waals surface area contributed by atoms with Crippen LogP contribution in [0.3, 0.4) is 0 Å². The van der Waals surface area contributed by atoms with Crippen molar-refractivity contribution < 1.29 is 0 Å². The summed E-state index contributed by atoms with van der Waals surface area (Å²) < 4.78 is 0. The number of nitrogens with zero attached hydrogens (tertiary/aromatic N) is 2. The summed E-state index contributed by atoms with van der Waals surface area (Å²) in [7, 11) is 0. The molecule has 2 N–H and O–H groups in total. The van der Waals surface area contributed by atoms with Gasteiger partial charge >= 0.3 is 0 Å². The van der Waals surface area contributed by atoms with Crippen LogP contribution in [0, 0.1) is 0 Å². The molecular formula is C13H14N4. The topological polar surface area (TPSA) is 53.6 Å². The minimum Gasteiger partial charge on any atom is -0.307 e. The van der Waals surface area contributed by atoms with Crippen molar-refractivity contribution in [1.29, 1.82) is 0 Å². The molecular weight excluding hydrogens is 212 g/mol. The molecule has 1 saturated heterocycles. The smallest absolute Gasteiger partial charge is 0.0972 e. The summed E-state index contributed by atoms with van der Waals surface area (Å²) in [5, 5.41) is 11.4. The zero-order chi connectivity index (χ0) is 11.2. The standard InChI is InChI=1S/C13H14N4/c1-2-10-12-11(7-9(1)15-10)16-17-13(12)8-3-5-14-6-4-8/h3-6,9-10,15H,1-2,7H2,(H,16,17)/t9-,10+/m0/s1. The van der Waals surface area contributed by atoms with Crippen LogP contribution in [0.5, 0.6) is 0 Å². The third-order valence-electron chi connectivity index (χ3n) is 3.88. The minimum atomic E-state index is 0.491. The van der Waals surface area contributed by atoms with Crippen molar-refractivity contribution in [3.05, 3.63) is 35.8 Å². The number of rotatable bonds is 1. The van der Waals surface area contributed by atoms with Crippen LogP contribution in [0.4, 0.5) is 0 Å². The normalized spacial score (nSPS) is 25.9. The molecule has 0 aliphatic carbocycles. The van der Waals surface area contributed by atoms with Gasteiger partial charge in [-0.1, -0.05) is 0 Å². The van der Waals surface area contributed by atoms with E-state index in [4.69, 9.17) is 0 Å². The lowest BCUT2D eigenvalue weighted by atomic mass is 9.97. The molecule has 86 valence electrons. The molecule has 1 fully saturated rings. The lowest BCUT2D eigenvalue weighted by molar-refractivity contribution is 0.511. The Kier molecular flexibility index (Phi) is 1.87. The van der Waals surface area contributed by atoms with E-state index in [-0.39, 0.29) is 0 Å². The Morgan fingerprint density at radius 2 is 2.06 bits per heavy atom. The highest BCUT2D eigenvalue weighted by Crippen LogP contribution is 2.39. The fourth-order valence-corrected chi connectivity index (χ4v) is 3.10. The van der Waals surface area contributed by atoms with Gasteiger partial charge in [0, 0.05) is 47.7 Å². The first-order chi connectivity index (χ1) is 8.42. The highest BCUT2D eigenvalue weighted by Gasteiger charge is 2.35. The van der Waals surface area contributed by atoms with Crippen molar-refractivity contribution >= 4 is 0 Å². The SMILES string of the molecule is c1cc(-c2n[nH]c3c2[C@H]2CC[C@@H](C3)N2)ccn1. The second-order valence-electron chi connectivity index (χ2n) is 4.90. The lowest BCUT2D eigenvalue weighted by Gasteiger charge is -2.21. The van der Waals surface area contributed by atoms with Gasteiger partial charge in [0.1, 0.15) is 0 Å². The molecule has 4 heterocycles. The molecule has 2 aromatic rings. The summed E-state index contributed by atoms with van der Waals surface area (Å²) in [6.45, 7) is 0. The molecule has 4 heteroatoms. The molecule has 0 amide bonds. The van der Waals surface area contributed by atoms with E-state index in [0.717, 1.165) is 17.7 Å². The van der Waals surface area contributed by atoms with Crippen LogP contribution >= 0.6 is 0 Å². The summed E-state index contributed by atoms with van der Waals surface area (Å²) in [4.78, 5) is 4.06. The Balaban J connectivity index is 1.87. The van der Waals surface area contributed by atoms with Crippen LogP contribution in [-0.2, 0) is 6.42 Å². The third-order valence-corrected chi connectivity index (χ3v) is 3.88. The summed E-state index contributed by atoms with van der Waals surface area (Å²) in [5.74, 6) is 0. The summed E-state index contributed by atoms with van der Waals surface area (Å²) in [6, 6.07) is 5.19. The van der Waals surface area contributed by atoms with Crippen LogP contribution in [0.25, 0.3) is 11.3 Å². The first kappa shape index (κ1) is 9.36. The van der Waals surface area contributed by atoms with Gasteiger partial charge in [-0.15, -0.1) is 0 Å². The minimum absolute atomic E-state index is 0.491. The van der Waals surface area contributed by atoms with Crippen molar-refractivity contribution in [3.8, 4) is 11.3 Å². The van der Waals surface area contributed by atoms with E-state index in [0.29, 0.717) is 12.1 Å². The van der Waals surface area contributed by atoms with Crippen molar-refractivity contribution in [3.63, 3.8) is 0 Å². The number of fused-ring (bicyclic) bond motifs is 4.